The Morgan fingerprint density at radius 3 is 2.65 bits per heavy atom. The van der Waals surface area contributed by atoms with Crippen molar-refractivity contribution in [2.24, 2.45) is 0 Å². The van der Waals surface area contributed by atoms with Crippen LogP contribution in [0.2, 0.25) is 0 Å². The molecule has 1 saturated heterocycles. The summed E-state index contributed by atoms with van der Waals surface area (Å²) < 4.78 is 0. The van der Waals surface area contributed by atoms with Crippen LogP contribution < -0.4 is 10.2 Å². The van der Waals surface area contributed by atoms with Crippen molar-refractivity contribution >= 4 is 5.69 Å². The predicted octanol–water partition coefficient (Wildman–Crippen LogP) is 3.09. The van der Waals surface area contributed by atoms with Gasteiger partial charge in [-0.15, -0.1) is 0 Å². The Hall–Kier alpha value is -1.02. The summed E-state index contributed by atoms with van der Waals surface area (Å²) in [6, 6.07) is 6.86. The first kappa shape index (κ1) is 12.4. The van der Waals surface area contributed by atoms with E-state index >= 15 is 0 Å². The third kappa shape index (κ3) is 2.47. The molecule has 0 aliphatic carbocycles. The number of anilines is 1. The van der Waals surface area contributed by atoms with Crippen LogP contribution in [-0.2, 0) is 6.54 Å². The molecule has 1 aliphatic rings. The lowest BCUT2D eigenvalue weighted by atomic mass is 10.0. The van der Waals surface area contributed by atoms with Gasteiger partial charge in [0.1, 0.15) is 0 Å². The molecule has 1 heterocycles. The molecule has 2 nitrogen and oxygen atoms in total. The molecule has 0 unspecified atom stereocenters. The van der Waals surface area contributed by atoms with E-state index in [1.54, 1.807) is 0 Å². The Morgan fingerprint density at radius 1 is 1.35 bits per heavy atom. The van der Waals surface area contributed by atoms with Crippen molar-refractivity contribution in [2.45, 2.75) is 45.7 Å². The molecule has 1 fully saturated rings. The van der Waals surface area contributed by atoms with Crippen LogP contribution >= 0.6 is 0 Å². The fraction of sp³-hybridized carbons (Fsp3) is 0.600. The van der Waals surface area contributed by atoms with Gasteiger partial charge in [-0.2, -0.15) is 0 Å². The molecule has 0 radical (unpaired) electrons. The Bertz CT molecular complexity index is 396. The van der Waals surface area contributed by atoms with Gasteiger partial charge < -0.3 is 10.2 Å². The van der Waals surface area contributed by atoms with Crippen molar-refractivity contribution in [3.05, 3.63) is 29.3 Å². The van der Waals surface area contributed by atoms with Gasteiger partial charge in [0.05, 0.1) is 0 Å². The van der Waals surface area contributed by atoms with Crippen molar-refractivity contribution < 1.29 is 0 Å². The van der Waals surface area contributed by atoms with E-state index in [2.05, 4.69) is 49.2 Å². The average molecular weight is 232 g/mol. The summed E-state index contributed by atoms with van der Waals surface area (Å²) in [4.78, 5) is 2.54. The lowest BCUT2D eigenvalue weighted by Crippen LogP contribution is -2.38. The van der Waals surface area contributed by atoms with Gasteiger partial charge in [-0.3, -0.25) is 0 Å². The second-order valence-corrected chi connectivity index (χ2v) is 5.71. The number of benzene rings is 1. The number of nitrogens with zero attached hydrogens (tertiary/aromatic N) is 1. The normalized spacial score (nSPS) is 18.7. The molecule has 2 rings (SSSR count). The first-order chi connectivity index (χ1) is 8.04. The maximum absolute atomic E-state index is 3.22. The van der Waals surface area contributed by atoms with Crippen molar-refractivity contribution in [3.63, 3.8) is 0 Å². The Balaban J connectivity index is 2.25. The smallest absolute Gasteiger partial charge is 0.0373 e. The average Bonchev–Trinajstić information content (AvgIpc) is 2.61. The number of hydrogen-bond donors (Lipinski definition) is 1. The highest BCUT2D eigenvalue weighted by atomic mass is 15.2. The lowest BCUT2D eigenvalue weighted by Gasteiger charge is -2.34. The molecule has 0 saturated carbocycles. The molecule has 0 spiro atoms. The molecule has 1 N–H and O–H groups in total. The molecule has 17 heavy (non-hydrogen) atoms. The Morgan fingerprint density at radius 2 is 2.12 bits per heavy atom. The van der Waals surface area contributed by atoms with Gasteiger partial charge >= 0.3 is 0 Å². The molecule has 2 heteroatoms. The van der Waals surface area contributed by atoms with Gasteiger partial charge in [-0.1, -0.05) is 6.07 Å². The first-order valence-electron chi connectivity index (χ1n) is 6.56. The van der Waals surface area contributed by atoms with Crippen molar-refractivity contribution in [1.82, 2.24) is 5.32 Å². The third-order valence-electron chi connectivity index (χ3n) is 3.91. The summed E-state index contributed by atoms with van der Waals surface area (Å²) in [5.74, 6) is 0. The third-order valence-corrected chi connectivity index (χ3v) is 3.91. The summed E-state index contributed by atoms with van der Waals surface area (Å²) in [6.07, 6.45) is 2.61. The molecule has 1 aromatic rings. The molecule has 94 valence electrons. The van der Waals surface area contributed by atoms with E-state index in [-0.39, 0.29) is 0 Å². The Kier molecular flexibility index (Phi) is 3.43. The highest BCUT2D eigenvalue weighted by Crippen LogP contribution is 2.34. The number of hydrogen-bond acceptors (Lipinski definition) is 2. The summed E-state index contributed by atoms with van der Waals surface area (Å²) in [7, 11) is 2.00. The van der Waals surface area contributed by atoms with E-state index in [4.69, 9.17) is 0 Å². The largest absolute Gasteiger partial charge is 0.366 e. The van der Waals surface area contributed by atoms with Gasteiger partial charge in [-0.25, -0.2) is 0 Å². The zero-order valence-corrected chi connectivity index (χ0v) is 11.5. The van der Waals surface area contributed by atoms with E-state index in [9.17, 15) is 0 Å². The van der Waals surface area contributed by atoms with Crippen LogP contribution in [0, 0.1) is 6.92 Å². The minimum atomic E-state index is 0.316. The number of nitrogens with one attached hydrogen (secondary N) is 1. The fourth-order valence-electron chi connectivity index (χ4n) is 2.82. The summed E-state index contributed by atoms with van der Waals surface area (Å²) in [5.41, 5.74) is 4.48. The summed E-state index contributed by atoms with van der Waals surface area (Å²) >= 11 is 0. The molecule has 0 bridgehead atoms. The minimum Gasteiger partial charge on any atom is -0.366 e. The highest BCUT2D eigenvalue weighted by Gasteiger charge is 2.31. The van der Waals surface area contributed by atoms with Crippen LogP contribution in [-0.4, -0.2) is 19.1 Å². The Labute approximate surface area is 105 Å². The monoisotopic (exact) mass is 232 g/mol. The van der Waals surface area contributed by atoms with E-state index < -0.39 is 0 Å². The van der Waals surface area contributed by atoms with Crippen molar-refractivity contribution in [3.8, 4) is 0 Å². The van der Waals surface area contributed by atoms with Crippen LogP contribution in [0.1, 0.15) is 37.8 Å². The number of rotatable bonds is 3. The summed E-state index contributed by atoms with van der Waals surface area (Å²) in [6.45, 7) is 9.04. The van der Waals surface area contributed by atoms with Gasteiger partial charge in [0.15, 0.2) is 0 Å². The number of aryl methyl sites for hydroxylation is 1. The SMILES string of the molecule is CNCc1ccc(N2CCCC2(C)C)cc1C. The molecule has 0 aromatic heterocycles. The molecule has 0 atom stereocenters. The van der Waals surface area contributed by atoms with Gasteiger partial charge in [0, 0.05) is 24.3 Å². The van der Waals surface area contributed by atoms with Gasteiger partial charge in [0.25, 0.3) is 0 Å². The van der Waals surface area contributed by atoms with E-state index in [1.165, 1.54) is 36.2 Å². The second-order valence-electron chi connectivity index (χ2n) is 5.71. The topological polar surface area (TPSA) is 15.3 Å². The molecule has 0 amide bonds. The van der Waals surface area contributed by atoms with E-state index in [0.717, 1.165) is 6.54 Å². The maximum Gasteiger partial charge on any atom is 0.0373 e. The maximum atomic E-state index is 3.22. The van der Waals surface area contributed by atoms with Crippen LogP contribution in [0.25, 0.3) is 0 Å². The van der Waals surface area contributed by atoms with Crippen LogP contribution in [0.3, 0.4) is 0 Å². The molecule has 1 aliphatic heterocycles. The quantitative estimate of drug-likeness (QED) is 0.861. The van der Waals surface area contributed by atoms with Crippen LogP contribution in [0.4, 0.5) is 5.69 Å². The zero-order valence-electron chi connectivity index (χ0n) is 11.5. The van der Waals surface area contributed by atoms with Crippen LogP contribution in [0.15, 0.2) is 18.2 Å². The highest BCUT2D eigenvalue weighted by molar-refractivity contribution is 5.53. The summed E-state index contributed by atoms with van der Waals surface area (Å²) in [5, 5.41) is 3.22. The van der Waals surface area contributed by atoms with Gasteiger partial charge in [0.2, 0.25) is 0 Å². The minimum absolute atomic E-state index is 0.316. The van der Waals surface area contributed by atoms with Gasteiger partial charge in [-0.05, 0) is 63.9 Å². The van der Waals surface area contributed by atoms with Crippen LogP contribution in [0.5, 0.6) is 0 Å². The molecule has 1 aromatic carbocycles. The standard InChI is InChI=1S/C15H24N2/c1-12-10-14(7-6-13(12)11-16-4)17-9-5-8-15(17,2)3/h6-7,10,16H,5,8-9,11H2,1-4H3. The predicted molar refractivity (Wildman–Crippen MR) is 74.6 cm³/mol. The molecular formula is C15H24N2. The van der Waals surface area contributed by atoms with Crippen molar-refractivity contribution in [1.29, 1.82) is 0 Å². The van der Waals surface area contributed by atoms with E-state index in [1.807, 2.05) is 7.05 Å². The second kappa shape index (κ2) is 4.69. The van der Waals surface area contributed by atoms with Crippen molar-refractivity contribution in [2.75, 3.05) is 18.5 Å². The molecular weight excluding hydrogens is 208 g/mol. The lowest BCUT2D eigenvalue weighted by molar-refractivity contribution is 0.518. The fourth-order valence-corrected chi connectivity index (χ4v) is 2.82. The van der Waals surface area contributed by atoms with E-state index in [0.29, 0.717) is 5.54 Å². The first-order valence-corrected chi connectivity index (χ1v) is 6.56. The zero-order chi connectivity index (χ0) is 12.5.